The second kappa shape index (κ2) is 9.21. The number of likely N-dealkylation sites (tertiary alicyclic amines) is 1. The maximum absolute atomic E-state index is 12.4. The molecule has 1 aromatic heterocycles. The molecule has 0 unspecified atom stereocenters. The molecule has 1 fully saturated rings. The Hall–Kier alpha value is -3.09. The number of hydrogen-bond acceptors (Lipinski definition) is 5. The summed E-state index contributed by atoms with van der Waals surface area (Å²) in [4.78, 5) is 29.8. The Bertz CT molecular complexity index is 826. The predicted octanol–water partition coefficient (Wildman–Crippen LogP) is 2.30. The highest BCUT2D eigenvalue weighted by atomic mass is 16.5. The van der Waals surface area contributed by atoms with Gasteiger partial charge in [0, 0.05) is 38.0 Å². The monoisotopic (exact) mass is 383 g/mol. The number of ether oxygens (including phenoxy) is 2. The molecule has 0 aliphatic carbocycles. The Morgan fingerprint density at radius 2 is 2.11 bits per heavy atom. The largest absolute Gasteiger partial charge is 0.493 e. The molecule has 28 heavy (non-hydrogen) atoms. The molecule has 0 bridgehead atoms. The number of aromatic nitrogens is 1. The molecule has 0 radical (unpaired) electrons. The molecule has 7 nitrogen and oxygen atoms in total. The molecule has 1 saturated heterocycles. The fourth-order valence-corrected chi connectivity index (χ4v) is 3.31. The van der Waals surface area contributed by atoms with Crippen LogP contribution < -0.4 is 14.8 Å². The van der Waals surface area contributed by atoms with Gasteiger partial charge in [0.1, 0.15) is 12.6 Å². The van der Waals surface area contributed by atoms with Crippen LogP contribution in [0.15, 0.2) is 42.7 Å². The van der Waals surface area contributed by atoms with Crippen molar-refractivity contribution in [2.45, 2.75) is 39.0 Å². The number of pyridine rings is 1. The van der Waals surface area contributed by atoms with Crippen LogP contribution >= 0.6 is 0 Å². The van der Waals surface area contributed by atoms with Crippen molar-refractivity contribution < 1.29 is 19.1 Å². The van der Waals surface area contributed by atoms with Crippen LogP contribution in [0, 0.1) is 0 Å². The molecular weight excluding hydrogens is 358 g/mol. The van der Waals surface area contributed by atoms with E-state index in [1.54, 1.807) is 24.4 Å². The summed E-state index contributed by atoms with van der Waals surface area (Å²) in [5, 5.41) is 2.92. The molecule has 0 saturated carbocycles. The van der Waals surface area contributed by atoms with Gasteiger partial charge in [-0.2, -0.15) is 0 Å². The van der Waals surface area contributed by atoms with Crippen molar-refractivity contribution in [3.63, 3.8) is 0 Å². The summed E-state index contributed by atoms with van der Waals surface area (Å²) in [5.41, 5.74) is 1.86. The highest BCUT2D eigenvalue weighted by molar-refractivity contribution is 5.87. The number of carbonyl (C=O) groups excluding carboxylic acids is 2. The zero-order valence-electron chi connectivity index (χ0n) is 16.2. The molecule has 148 valence electrons. The number of nitrogens with one attached hydrogen (secondary N) is 1. The maximum atomic E-state index is 12.4. The van der Waals surface area contributed by atoms with Gasteiger partial charge in [-0.1, -0.05) is 12.1 Å². The average molecular weight is 383 g/mol. The van der Waals surface area contributed by atoms with Gasteiger partial charge in [-0.3, -0.25) is 14.6 Å². The van der Waals surface area contributed by atoms with E-state index >= 15 is 0 Å². The zero-order valence-corrected chi connectivity index (χ0v) is 16.2. The van der Waals surface area contributed by atoms with E-state index in [0.717, 1.165) is 17.5 Å². The van der Waals surface area contributed by atoms with Crippen molar-refractivity contribution in [2.24, 2.45) is 0 Å². The minimum absolute atomic E-state index is 0.0607. The summed E-state index contributed by atoms with van der Waals surface area (Å²) in [6.45, 7) is 2.90. The highest BCUT2D eigenvalue weighted by Crippen LogP contribution is 2.29. The van der Waals surface area contributed by atoms with E-state index in [4.69, 9.17) is 9.47 Å². The summed E-state index contributed by atoms with van der Waals surface area (Å²) in [6.07, 6.45) is 5.03. The standard InChI is InChI=1S/C21H25N3O4/c1-15(25)24-10-4-6-18(24)21(26)23-13-16-7-8-19(20(11-16)27-2)28-14-17-5-3-9-22-12-17/h3,5,7-9,11-12,18H,4,6,10,13-14H2,1-2H3,(H,23,26)/t18-/m0/s1. The van der Waals surface area contributed by atoms with Crippen LogP contribution in [0.4, 0.5) is 0 Å². The smallest absolute Gasteiger partial charge is 0.243 e. The number of carbonyl (C=O) groups is 2. The van der Waals surface area contributed by atoms with Gasteiger partial charge in [-0.25, -0.2) is 0 Å². The van der Waals surface area contributed by atoms with E-state index in [0.29, 0.717) is 37.6 Å². The summed E-state index contributed by atoms with van der Waals surface area (Å²) < 4.78 is 11.2. The molecule has 0 spiro atoms. The zero-order chi connectivity index (χ0) is 19.9. The van der Waals surface area contributed by atoms with Crippen LogP contribution in [-0.4, -0.2) is 41.4 Å². The summed E-state index contributed by atoms with van der Waals surface area (Å²) in [7, 11) is 1.58. The van der Waals surface area contributed by atoms with Gasteiger partial charge in [0.05, 0.1) is 7.11 Å². The van der Waals surface area contributed by atoms with Gasteiger partial charge in [-0.15, -0.1) is 0 Å². The first-order chi connectivity index (χ1) is 13.6. The van der Waals surface area contributed by atoms with Crippen molar-refractivity contribution in [3.05, 3.63) is 53.9 Å². The number of amides is 2. The Kier molecular flexibility index (Phi) is 6.47. The summed E-state index contributed by atoms with van der Waals surface area (Å²) >= 11 is 0. The van der Waals surface area contributed by atoms with Gasteiger partial charge in [-0.05, 0) is 36.6 Å². The van der Waals surface area contributed by atoms with Crippen LogP contribution in [0.1, 0.15) is 30.9 Å². The molecule has 7 heteroatoms. The van der Waals surface area contributed by atoms with Crippen molar-refractivity contribution in [1.82, 2.24) is 15.2 Å². The number of nitrogens with zero attached hydrogens (tertiary/aromatic N) is 2. The molecule has 2 heterocycles. The second-order valence-electron chi connectivity index (χ2n) is 6.72. The number of hydrogen-bond donors (Lipinski definition) is 1. The molecule has 1 aliphatic heterocycles. The normalized spacial score (nSPS) is 15.9. The van der Waals surface area contributed by atoms with Crippen molar-refractivity contribution >= 4 is 11.8 Å². The molecule has 3 rings (SSSR count). The Balaban J connectivity index is 1.59. The fraction of sp³-hybridized carbons (Fsp3) is 0.381. The predicted molar refractivity (Wildman–Crippen MR) is 104 cm³/mol. The molecule has 2 amide bonds. The maximum Gasteiger partial charge on any atom is 0.243 e. The SMILES string of the molecule is COc1cc(CNC(=O)[C@@H]2CCCN2C(C)=O)ccc1OCc1cccnc1. The van der Waals surface area contributed by atoms with Crippen LogP contribution in [0.2, 0.25) is 0 Å². The minimum atomic E-state index is -0.374. The van der Waals surface area contributed by atoms with E-state index in [-0.39, 0.29) is 17.9 Å². The van der Waals surface area contributed by atoms with Gasteiger partial charge >= 0.3 is 0 Å². The topological polar surface area (TPSA) is 80.8 Å². The highest BCUT2D eigenvalue weighted by Gasteiger charge is 2.32. The number of methoxy groups -OCH3 is 1. The Morgan fingerprint density at radius 1 is 1.25 bits per heavy atom. The van der Waals surface area contributed by atoms with Crippen LogP contribution in [0.25, 0.3) is 0 Å². The number of rotatable bonds is 7. The van der Waals surface area contributed by atoms with E-state index in [1.807, 2.05) is 30.3 Å². The third-order valence-corrected chi connectivity index (χ3v) is 4.77. The lowest BCUT2D eigenvalue weighted by atomic mass is 10.1. The minimum Gasteiger partial charge on any atom is -0.493 e. The Labute approximate surface area is 164 Å². The van der Waals surface area contributed by atoms with E-state index in [9.17, 15) is 9.59 Å². The quantitative estimate of drug-likeness (QED) is 0.793. The molecule has 2 aromatic rings. The molecular formula is C21H25N3O4. The lowest BCUT2D eigenvalue weighted by Crippen LogP contribution is -2.44. The average Bonchev–Trinajstić information content (AvgIpc) is 3.22. The molecule has 1 N–H and O–H groups in total. The summed E-state index contributed by atoms with van der Waals surface area (Å²) in [6, 6.07) is 8.99. The molecule has 1 aromatic carbocycles. The van der Waals surface area contributed by atoms with E-state index in [1.165, 1.54) is 6.92 Å². The van der Waals surface area contributed by atoms with Crippen LogP contribution in [0.3, 0.4) is 0 Å². The van der Waals surface area contributed by atoms with Crippen molar-refractivity contribution in [2.75, 3.05) is 13.7 Å². The summed E-state index contributed by atoms with van der Waals surface area (Å²) in [5.74, 6) is 1.04. The second-order valence-corrected chi connectivity index (χ2v) is 6.72. The third kappa shape index (κ3) is 4.79. The third-order valence-electron chi connectivity index (χ3n) is 4.77. The number of benzene rings is 1. The van der Waals surface area contributed by atoms with Gasteiger partial charge in [0.25, 0.3) is 0 Å². The van der Waals surface area contributed by atoms with Gasteiger partial charge in [0.2, 0.25) is 11.8 Å². The first-order valence-electron chi connectivity index (χ1n) is 9.32. The lowest BCUT2D eigenvalue weighted by Gasteiger charge is -2.22. The van der Waals surface area contributed by atoms with Gasteiger partial charge in [0.15, 0.2) is 11.5 Å². The van der Waals surface area contributed by atoms with Gasteiger partial charge < -0.3 is 19.7 Å². The van der Waals surface area contributed by atoms with Crippen molar-refractivity contribution in [3.8, 4) is 11.5 Å². The van der Waals surface area contributed by atoms with Crippen LogP contribution in [-0.2, 0) is 22.7 Å². The first-order valence-corrected chi connectivity index (χ1v) is 9.32. The molecule has 1 atom stereocenters. The lowest BCUT2D eigenvalue weighted by molar-refractivity contribution is -0.136. The van der Waals surface area contributed by atoms with Crippen LogP contribution in [0.5, 0.6) is 11.5 Å². The fourth-order valence-electron chi connectivity index (χ4n) is 3.31. The molecule has 1 aliphatic rings. The first kappa shape index (κ1) is 19.7. The van der Waals surface area contributed by atoms with E-state index in [2.05, 4.69) is 10.3 Å². The van der Waals surface area contributed by atoms with Crippen molar-refractivity contribution in [1.29, 1.82) is 0 Å². The van der Waals surface area contributed by atoms with E-state index < -0.39 is 0 Å². The Morgan fingerprint density at radius 3 is 2.82 bits per heavy atom.